The third kappa shape index (κ3) is 1.50. The predicted molar refractivity (Wildman–Crippen MR) is 52.3 cm³/mol. The van der Waals surface area contributed by atoms with Gasteiger partial charge in [-0.1, -0.05) is 18.2 Å². The van der Waals surface area contributed by atoms with E-state index in [1.807, 2.05) is 26.8 Å². The number of rotatable bonds is 1. The summed E-state index contributed by atoms with van der Waals surface area (Å²) in [5.74, 6) is 0.346. The van der Waals surface area contributed by atoms with Gasteiger partial charge < -0.3 is 5.11 Å². The van der Waals surface area contributed by atoms with Crippen LogP contribution in [0.15, 0.2) is 18.7 Å². The largest absolute Gasteiger partial charge is 0.508 e. The molecule has 0 saturated heterocycles. The second-order valence-electron chi connectivity index (χ2n) is 3.23. The van der Waals surface area contributed by atoms with Crippen molar-refractivity contribution in [3.63, 3.8) is 0 Å². The fourth-order valence-corrected chi connectivity index (χ4v) is 1.30. The Morgan fingerprint density at radius 2 is 1.83 bits per heavy atom. The minimum Gasteiger partial charge on any atom is -0.508 e. The molecule has 0 amide bonds. The first-order chi connectivity index (χ1) is 5.52. The van der Waals surface area contributed by atoms with Gasteiger partial charge in [-0.15, -0.1) is 0 Å². The molecule has 0 fully saturated rings. The van der Waals surface area contributed by atoms with E-state index in [-0.39, 0.29) is 0 Å². The molecule has 0 bridgehead atoms. The Balaban J connectivity index is 3.33. The molecule has 1 N–H and O–H groups in total. The van der Waals surface area contributed by atoms with E-state index in [9.17, 15) is 5.11 Å². The van der Waals surface area contributed by atoms with Gasteiger partial charge in [-0.25, -0.2) is 0 Å². The van der Waals surface area contributed by atoms with Crippen molar-refractivity contribution in [3.8, 4) is 5.75 Å². The Hall–Kier alpha value is -1.24. The molecule has 0 aliphatic heterocycles. The van der Waals surface area contributed by atoms with Crippen molar-refractivity contribution in [3.05, 3.63) is 35.4 Å². The molecular formula is C11H14O. The lowest BCUT2D eigenvalue weighted by molar-refractivity contribution is 0.471. The highest BCUT2D eigenvalue weighted by molar-refractivity contribution is 5.66. The normalized spacial score (nSPS) is 9.92. The Kier molecular flexibility index (Phi) is 2.22. The van der Waals surface area contributed by atoms with Gasteiger partial charge in [-0.05, 0) is 43.5 Å². The zero-order valence-electron chi connectivity index (χ0n) is 7.81. The summed E-state index contributed by atoms with van der Waals surface area (Å²) in [6.07, 6.45) is 0. The summed E-state index contributed by atoms with van der Waals surface area (Å²) in [5, 5.41) is 9.43. The number of aromatic hydroxyl groups is 1. The van der Waals surface area contributed by atoms with E-state index in [0.717, 1.165) is 22.3 Å². The molecule has 0 atom stereocenters. The van der Waals surface area contributed by atoms with E-state index in [0.29, 0.717) is 5.75 Å². The Morgan fingerprint density at radius 3 is 2.33 bits per heavy atom. The zero-order chi connectivity index (χ0) is 9.30. The molecule has 0 aliphatic rings. The van der Waals surface area contributed by atoms with Crippen LogP contribution in [-0.4, -0.2) is 5.11 Å². The minimum absolute atomic E-state index is 0.346. The molecule has 0 aromatic heterocycles. The topological polar surface area (TPSA) is 20.2 Å². The SMILES string of the molecule is C=C(C)c1cc(O)c(C)cc1C. The van der Waals surface area contributed by atoms with Crippen LogP contribution in [0.5, 0.6) is 5.75 Å². The summed E-state index contributed by atoms with van der Waals surface area (Å²) < 4.78 is 0. The summed E-state index contributed by atoms with van der Waals surface area (Å²) in [7, 11) is 0. The molecule has 0 aliphatic carbocycles. The van der Waals surface area contributed by atoms with Crippen LogP contribution in [0.3, 0.4) is 0 Å². The molecule has 0 spiro atoms. The monoisotopic (exact) mass is 162 g/mol. The summed E-state index contributed by atoms with van der Waals surface area (Å²) >= 11 is 0. The summed E-state index contributed by atoms with van der Waals surface area (Å²) in [5.41, 5.74) is 4.11. The van der Waals surface area contributed by atoms with Crippen LogP contribution in [0, 0.1) is 13.8 Å². The van der Waals surface area contributed by atoms with Crippen LogP contribution >= 0.6 is 0 Å². The first-order valence-corrected chi connectivity index (χ1v) is 3.98. The second-order valence-corrected chi connectivity index (χ2v) is 3.23. The average molecular weight is 162 g/mol. The number of allylic oxidation sites excluding steroid dienone is 1. The van der Waals surface area contributed by atoms with Gasteiger partial charge in [0.05, 0.1) is 0 Å². The molecule has 1 aromatic carbocycles. The smallest absolute Gasteiger partial charge is 0.119 e. The van der Waals surface area contributed by atoms with Crippen LogP contribution in [0.25, 0.3) is 5.57 Å². The predicted octanol–water partition coefficient (Wildman–Crippen LogP) is 3.04. The maximum Gasteiger partial charge on any atom is 0.119 e. The Bertz CT molecular complexity index is 324. The van der Waals surface area contributed by atoms with Gasteiger partial charge in [0.15, 0.2) is 0 Å². The molecule has 1 nitrogen and oxygen atoms in total. The molecule has 1 heteroatoms. The fourth-order valence-electron chi connectivity index (χ4n) is 1.30. The van der Waals surface area contributed by atoms with E-state index < -0.39 is 0 Å². The molecule has 64 valence electrons. The molecule has 1 aromatic rings. The molecule has 0 unspecified atom stereocenters. The minimum atomic E-state index is 0.346. The van der Waals surface area contributed by atoms with Crippen LogP contribution in [0.1, 0.15) is 23.6 Å². The number of aryl methyl sites for hydroxylation is 2. The van der Waals surface area contributed by atoms with Gasteiger partial charge in [-0.3, -0.25) is 0 Å². The van der Waals surface area contributed by atoms with Gasteiger partial charge in [-0.2, -0.15) is 0 Å². The van der Waals surface area contributed by atoms with Crippen molar-refractivity contribution >= 4 is 5.57 Å². The lowest BCUT2D eigenvalue weighted by Gasteiger charge is -2.07. The van der Waals surface area contributed by atoms with Crippen molar-refractivity contribution in [2.75, 3.05) is 0 Å². The maximum atomic E-state index is 9.43. The lowest BCUT2D eigenvalue weighted by atomic mass is 10.0. The van der Waals surface area contributed by atoms with Crippen LogP contribution in [0.2, 0.25) is 0 Å². The Morgan fingerprint density at radius 1 is 1.25 bits per heavy atom. The number of benzene rings is 1. The highest BCUT2D eigenvalue weighted by Crippen LogP contribution is 2.25. The van der Waals surface area contributed by atoms with Crippen molar-refractivity contribution in [2.45, 2.75) is 20.8 Å². The molecule has 1 rings (SSSR count). The third-order valence-corrected chi connectivity index (χ3v) is 2.00. The van der Waals surface area contributed by atoms with E-state index in [4.69, 9.17) is 0 Å². The summed E-state index contributed by atoms with van der Waals surface area (Å²) in [6.45, 7) is 9.71. The van der Waals surface area contributed by atoms with E-state index in [2.05, 4.69) is 6.58 Å². The highest BCUT2D eigenvalue weighted by Gasteiger charge is 2.02. The van der Waals surface area contributed by atoms with Gasteiger partial charge in [0.25, 0.3) is 0 Å². The van der Waals surface area contributed by atoms with Crippen molar-refractivity contribution in [1.29, 1.82) is 0 Å². The molecule has 12 heavy (non-hydrogen) atoms. The van der Waals surface area contributed by atoms with Crippen molar-refractivity contribution in [2.24, 2.45) is 0 Å². The zero-order valence-corrected chi connectivity index (χ0v) is 7.81. The Labute approximate surface area is 73.4 Å². The summed E-state index contributed by atoms with van der Waals surface area (Å²) in [4.78, 5) is 0. The molecule has 0 heterocycles. The van der Waals surface area contributed by atoms with E-state index in [1.54, 1.807) is 6.07 Å². The highest BCUT2D eigenvalue weighted by atomic mass is 16.3. The van der Waals surface area contributed by atoms with Gasteiger partial charge in [0.2, 0.25) is 0 Å². The average Bonchev–Trinajstić information content (AvgIpc) is 1.96. The van der Waals surface area contributed by atoms with Crippen molar-refractivity contribution in [1.82, 2.24) is 0 Å². The van der Waals surface area contributed by atoms with E-state index in [1.165, 1.54) is 0 Å². The number of phenols is 1. The van der Waals surface area contributed by atoms with Gasteiger partial charge in [0, 0.05) is 0 Å². The maximum absolute atomic E-state index is 9.43. The molecular weight excluding hydrogens is 148 g/mol. The first-order valence-electron chi connectivity index (χ1n) is 3.98. The number of hydrogen-bond donors (Lipinski definition) is 1. The van der Waals surface area contributed by atoms with Crippen LogP contribution in [0.4, 0.5) is 0 Å². The molecule has 0 saturated carbocycles. The second kappa shape index (κ2) is 3.02. The van der Waals surface area contributed by atoms with E-state index >= 15 is 0 Å². The van der Waals surface area contributed by atoms with Gasteiger partial charge >= 0.3 is 0 Å². The molecule has 0 radical (unpaired) electrons. The van der Waals surface area contributed by atoms with Gasteiger partial charge in [0.1, 0.15) is 5.75 Å². The quantitative estimate of drug-likeness (QED) is 0.673. The van der Waals surface area contributed by atoms with Crippen LogP contribution < -0.4 is 0 Å². The number of hydrogen-bond acceptors (Lipinski definition) is 1. The lowest BCUT2D eigenvalue weighted by Crippen LogP contribution is -1.86. The fraction of sp³-hybridized carbons (Fsp3) is 0.273. The van der Waals surface area contributed by atoms with Crippen molar-refractivity contribution < 1.29 is 5.11 Å². The standard InChI is InChI=1S/C11H14O/c1-7(2)10-6-11(12)9(4)5-8(10)3/h5-6,12H,1H2,2-4H3. The number of phenolic OH excluding ortho intramolecular Hbond substituents is 1. The van der Waals surface area contributed by atoms with Crippen LogP contribution in [-0.2, 0) is 0 Å². The first kappa shape index (κ1) is 8.85. The summed E-state index contributed by atoms with van der Waals surface area (Å²) in [6, 6.07) is 3.74. The third-order valence-electron chi connectivity index (χ3n) is 2.00.